The van der Waals surface area contributed by atoms with Crippen LogP contribution in [0.1, 0.15) is 6.92 Å². The predicted molar refractivity (Wildman–Crippen MR) is 119 cm³/mol. The molecule has 0 aliphatic heterocycles. The fourth-order valence-corrected chi connectivity index (χ4v) is 4.00. The number of hydrogen-bond acceptors (Lipinski definition) is 6. The fraction of sp³-hybridized carbons (Fsp3) is 0.250. The number of amides is 1. The first kappa shape index (κ1) is 22.3. The molecule has 1 heterocycles. The van der Waals surface area contributed by atoms with Crippen LogP contribution >= 0.6 is 35.0 Å². The summed E-state index contributed by atoms with van der Waals surface area (Å²) in [5.41, 5.74) is 1.37. The number of benzene rings is 2. The Morgan fingerprint density at radius 3 is 2.50 bits per heavy atom. The van der Waals surface area contributed by atoms with Gasteiger partial charge in [0.1, 0.15) is 11.5 Å². The molecule has 158 valence electrons. The van der Waals surface area contributed by atoms with E-state index in [1.165, 1.54) is 11.8 Å². The molecule has 3 rings (SSSR count). The highest BCUT2D eigenvalue weighted by molar-refractivity contribution is 7.99. The maximum atomic E-state index is 12.0. The second-order valence-corrected chi connectivity index (χ2v) is 7.83. The molecule has 1 aromatic heterocycles. The molecular weight excluding hydrogens is 447 g/mol. The smallest absolute Gasteiger partial charge is 0.230 e. The van der Waals surface area contributed by atoms with Gasteiger partial charge in [-0.15, -0.1) is 10.2 Å². The molecule has 10 heteroatoms. The first-order valence-electron chi connectivity index (χ1n) is 9.01. The summed E-state index contributed by atoms with van der Waals surface area (Å²) in [6.07, 6.45) is 0. The molecule has 3 aromatic rings. The molecule has 0 fully saturated rings. The van der Waals surface area contributed by atoms with E-state index in [0.29, 0.717) is 50.3 Å². The standard InChI is InChI=1S/C20H20Cl2N4O3S/c1-4-23-18(27)11-30-20-25-24-19(14-9-12(21)5-7-16(14)28-2)26(20)13-6-8-17(29-3)15(22)10-13/h5-10H,4,11H2,1-3H3,(H,23,27). The summed E-state index contributed by atoms with van der Waals surface area (Å²) in [4.78, 5) is 12.0. The molecular formula is C20H20Cl2N4O3S. The SMILES string of the molecule is CCNC(=O)CSc1nnc(-c2cc(Cl)ccc2OC)n1-c1ccc(OC)c(Cl)c1. The van der Waals surface area contributed by atoms with Crippen LogP contribution in [0.3, 0.4) is 0 Å². The third-order valence-corrected chi connectivity index (χ3v) is 5.60. The van der Waals surface area contributed by atoms with Crippen LogP contribution in [0.25, 0.3) is 17.1 Å². The lowest BCUT2D eigenvalue weighted by molar-refractivity contribution is -0.118. The Balaban J connectivity index is 2.13. The minimum absolute atomic E-state index is 0.0910. The number of nitrogens with one attached hydrogen (secondary N) is 1. The van der Waals surface area contributed by atoms with E-state index in [0.717, 1.165) is 0 Å². The lowest BCUT2D eigenvalue weighted by Crippen LogP contribution is -2.24. The van der Waals surface area contributed by atoms with Crippen LogP contribution in [0.2, 0.25) is 10.0 Å². The highest BCUT2D eigenvalue weighted by atomic mass is 35.5. The van der Waals surface area contributed by atoms with Crippen molar-refractivity contribution in [2.24, 2.45) is 0 Å². The summed E-state index contributed by atoms with van der Waals surface area (Å²) in [7, 11) is 3.12. The van der Waals surface area contributed by atoms with Crippen molar-refractivity contribution < 1.29 is 14.3 Å². The third kappa shape index (κ3) is 4.83. The van der Waals surface area contributed by atoms with Crippen molar-refractivity contribution in [3.05, 3.63) is 46.4 Å². The van der Waals surface area contributed by atoms with Gasteiger partial charge in [0.2, 0.25) is 5.91 Å². The molecule has 1 N–H and O–H groups in total. The maximum Gasteiger partial charge on any atom is 0.230 e. The molecule has 0 bridgehead atoms. The van der Waals surface area contributed by atoms with Crippen molar-refractivity contribution >= 4 is 40.9 Å². The molecule has 0 atom stereocenters. The van der Waals surface area contributed by atoms with Crippen LogP contribution in [0.5, 0.6) is 11.5 Å². The summed E-state index contributed by atoms with van der Waals surface area (Å²) in [6, 6.07) is 10.6. The van der Waals surface area contributed by atoms with Gasteiger partial charge in [-0.1, -0.05) is 35.0 Å². The summed E-state index contributed by atoms with van der Waals surface area (Å²) in [5, 5.41) is 12.9. The van der Waals surface area contributed by atoms with Crippen LogP contribution in [-0.4, -0.2) is 47.2 Å². The average molecular weight is 467 g/mol. The molecule has 7 nitrogen and oxygen atoms in total. The zero-order valence-electron chi connectivity index (χ0n) is 16.6. The Hall–Kier alpha value is -2.42. The fourth-order valence-electron chi connectivity index (χ4n) is 2.80. The van der Waals surface area contributed by atoms with Crippen molar-refractivity contribution in [1.29, 1.82) is 0 Å². The van der Waals surface area contributed by atoms with Crippen LogP contribution in [0.15, 0.2) is 41.6 Å². The summed E-state index contributed by atoms with van der Waals surface area (Å²) < 4.78 is 12.5. The van der Waals surface area contributed by atoms with Crippen LogP contribution < -0.4 is 14.8 Å². The number of rotatable bonds is 8. The Morgan fingerprint density at radius 1 is 1.10 bits per heavy atom. The zero-order valence-corrected chi connectivity index (χ0v) is 18.9. The van der Waals surface area contributed by atoms with Crippen molar-refractivity contribution in [3.8, 4) is 28.6 Å². The highest BCUT2D eigenvalue weighted by Gasteiger charge is 2.21. The molecule has 0 saturated heterocycles. The van der Waals surface area contributed by atoms with Crippen molar-refractivity contribution in [3.63, 3.8) is 0 Å². The Labute approximate surface area is 188 Å². The number of carbonyl (C=O) groups excluding carboxylic acids is 1. The van der Waals surface area contributed by atoms with Gasteiger partial charge in [-0.2, -0.15) is 0 Å². The number of ether oxygens (including phenoxy) is 2. The van der Waals surface area contributed by atoms with Crippen molar-refractivity contribution in [2.75, 3.05) is 26.5 Å². The lowest BCUT2D eigenvalue weighted by Gasteiger charge is -2.14. The van der Waals surface area contributed by atoms with Crippen molar-refractivity contribution in [1.82, 2.24) is 20.1 Å². The van der Waals surface area contributed by atoms with E-state index in [1.807, 2.05) is 17.6 Å². The largest absolute Gasteiger partial charge is 0.496 e. The number of hydrogen-bond donors (Lipinski definition) is 1. The molecule has 2 aromatic carbocycles. The van der Waals surface area contributed by atoms with Gasteiger partial charge in [0.15, 0.2) is 11.0 Å². The van der Waals surface area contributed by atoms with E-state index in [4.69, 9.17) is 32.7 Å². The molecule has 0 unspecified atom stereocenters. The normalized spacial score (nSPS) is 10.7. The second-order valence-electron chi connectivity index (χ2n) is 6.05. The number of aromatic nitrogens is 3. The van der Waals surface area contributed by atoms with Crippen LogP contribution in [0.4, 0.5) is 0 Å². The molecule has 0 radical (unpaired) electrons. The second kappa shape index (κ2) is 10.1. The zero-order chi connectivity index (χ0) is 21.7. The summed E-state index contributed by atoms with van der Waals surface area (Å²) >= 11 is 13.8. The monoisotopic (exact) mass is 466 g/mol. The molecule has 0 spiro atoms. The number of nitrogens with zero attached hydrogens (tertiary/aromatic N) is 3. The number of thioether (sulfide) groups is 1. The Bertz CT molecular complexity index is 1060. The molecule has 0 aliphatic rings. The minimum atomic E-state index is -0.0910. The minimum Gasteiger partial charge on any atom is -0.496 e. The van der Waals surface area contributed by atoms with Gasteiger partial charge >= 0.3 is 0 Å². The van der Waals surface area contributed by atoms with Gasteiger partial charge in [0.05, 0.1) is 36.2 Å². The van der Waals surface area contributed by atoms with Crippen LogP contribution in [-0.2, 0) is 4.79 Å². The maximum absolute atomic E-state index is 12.0. The molecule has 30 heavy (non-hydrogen) atoms. The van der Waals surface area contributed by atoms with E-state index in [-0.39, 0.29) is 11.7 Å². The Morgan fingerprint density at radius 2 is 1.83 bits per heavy atom. The first-order chi connectivity index (χ1) is 14.5. The number of methoxy groups -OCH3 is 2. The van der Waals surface area contributed by atoms with Gasteiger partial charge in [0, 0.05) is 11.6 Å². The predicted octanol–water partition coefficient (Wildman–Crippen LogP) is 4.49. The van der Waals surface area contributed by atoms with Gasteiger partial charge in [0.25, 0.3) is 0 Å². The topological polar surface area (TPSA) is 78.3 Å². The van der Waals surface area contributed by atoms with E-state index in [1.54, 1.807) is 44.6 Å². The van der Waals surface area contributed by atoms with Gasteiger partial charge in [-0.3, -0.25) is 9.36 Å². The van der Waals surface area contributed by atoms with Gasteiger partial charge in [-0.25, -0.2) is 0 Å². The first-order valence-corrected chi connectivity index (χ1v) is 10.7. The van der Waals surface area contributed by atoms with E-state index in [9.17, 15) is 4.79 Å². The summed E-state index contributed by atoms with van der Waals surface area (Å²) in [5.74, 6) is 1.75. The van der Waals surface area contributed by atoms with Gasteiger partial charge in [-0.05, 0) is 43.3 Å². The van der Waals surface area contributed by atoms with E-state index in [2.05, 4.69) is 15.5 Å². The lowest BCUT2D eigenvalue weighted by atomic mass is 10.2. The molecule has 0 saturated carbocycles. The van der Waals surface area contributed by atoms with E-state index < -0.39 is 0 Å². The number of halogens is 2. The van der Waals surface area contributed by atoms with Crippen LogP contribution in [0, 0.1) is 0 Å². The Kier molecular flexibility index (Phi) is 7.47. The average Bonchev–Trinajstić information content (AvgIpc) is 3.16. The van der Waals surface area contributed by atoms with E-state index >= 15 is 0 Å². The highest BCUT2D eigenvalue weighted by Crippen LogP contribution is 2.36. The molecule has 1 amide bonds. The molecule has 0 aliphatic carbocycles. The number of carbonyl (C=O) groups is 1. The van der Waals surface area contributed by atoms with Gasteiger partial charge < -0.3 is 14.8 Å². The summed E-state index contributed by atoms with van der Waals surface area (Å²) in [6.45, 7) is 2.43. The van der Waals surface area contributed by atoms with Crippen molar-refractivity contribution in [2.45, 2.75) is 12.1 Å². The third-order valence-electron chi connectivity index (χ3n) is 4.14. The quantitative estimate of drug-likeness (QED) is 0.492.